The number of sulfonamides is 1. The minimum Gasteiger partial charge on any atom is -0.339 e. The number of benzene rings is 1. The maximum atomic E-state index is 14.0. The van der Waals surface area contributed by atoms with Gasteiger partial charge in [-0.05, 0) is 56.5 Å². The minimum absolute atomic E-state index is 0.0153. The Kier molecular flexibility index (Phi) is 5.97. The normalized spacial score (nSPS) is 17.5. The van der Waals surface area contributed by atoms with E-state index < -0.39 is 15.8 Å². The van der Waals surface area contributed by atoms with Crippen LogP contribution >= 0.6 is 0 Å². The first-order valence-corrected chi connectivity index (χ1v) is 11.5. The number of hydrogen-bond donors (Lipinski definition) is 1. The second-order valence-electron chi connectivity index (χ2n) is 7.75. The van der Waals surface area contributed by atoms with Crippen molar-refractivity contribution in [2.24, 2.45) is 0 Å². The smallest absolute Gasteiger partial charge is 0.243 e. The van der Waals surface area contributed by atoms with Gasteiger partial charge < -0.3 is 5.32 Å². The zero-order valence-electron chi connectivity index (χ0n) is 17.4. The Labute approximate surface area is 181 Å². The van der Waals surface area contributed by atoms with Crippen molar-refractivity contribution < 1.29 is 12.8 Å². The highest BCUT2D eigenvalue weighted by Crippen LogP contribution is 2.31. The Morgan fingerprint density at radius 1 is 1.16 bits per heavy atom. The van der Waals surface area contributed by atoms with Crippen molar-refractivity contribution in [1.29, 1.82) is 0 Å². The lowest BCUT2D eigenvalue weighted by Gasteiger charge is -2.32. The van der Waals surface area contributed by atoms with Crippen LogP contribution in [0.1, 0.15) is 35.7 Å². The lowest BCUT2D eigenvalue weighted by atomic mass is 9.95. The average molecular weight is 442 g/mol. The van der Waals surface area contributed by atoms with Gasteiger partial charge in [0.1, 0.15) is 11.6 Å². The van der Waals surface area contributed by atoms with E-state index >= 15 is 0 Å². The molecule has 1 N–H and O–H groups in total. The Morgan fingerprint density at radius 3 is 2.74 bits per heavy atom. The molecule has 31 heavy (non-hydrogen) atoms. The summed E-state index contributed by atoms with van der Waals surface area (Å²) in [6.45, 7) is 4.22. The van der Waals surface area contributed by atoms with Crippen molar-refractivity contribution in [3.8, 4) is 0 Å². The van der Waals surface area contributed by atoms with Crippen molar-refractivity contribution in [1.82, 2.24) is 19.3 Å². The number of piperidine rings is 1. The average Bonchev–Trinajstić information content (AvgIpc) is 2.76. The molecule has 1 saturated heterocycles. The van der Waals surface area contributed by atoms with Crippen molar-refractivity contribution in [2.45, 2.75) is 37.5 Å². The highest BCUT2D eigenvalue weighted by molar-refractivity contribution is 7.89. The molecule has 2 aromatic heterocycles. The molecule has 0 radical (unpaired) electrons. The SMILES string of the molecule is Cc1cc(Nc2cnccn2)cc([C@@H]2CCCN(S(=O)(=O)c3ccc(C)c(F)c3)C2)n1. The standard InChI is InChI=1S/C22H24FN5O2S/c1-15-5-6-19(12-20(15)23)31(29,30)28-9-3-4-17(14-28)21-11-18(10-16(2)26-21)27-22-13-24-7-8-25-22/h5-8,10-13,17H,3-4,9,14H2,1-2H3,(H,25,26,27)/t17-/m1/s1. The topological polar surface area (TPSA) is 88.1 Å². The monoisotopic (exact) mass is 441 g/mol. The van der Waals surface area contributed by atoms with E-state index in [9.17, 15) is 12.8 Å². The van der Waals surface area contributed by atoms with Crippen LogP contribution in [0, 0.1) is 19.7 Å². The van der Waals surface area contributed by atoms with Crippen LogP contribution in [0.3, 0.4) is 0 Å². The summed E-state index contributed by atoms with van der Waals surface area (Å²) in [5.41, 5.74) is 2.89. The van der Waals surface area contributed by atoms with Gasteiger partial charge in [0.25, 0.3) is 0 Å². The van der Waals surface area contributed by atoms with Gasteiger partial charge in [-0.3, -0.25) is 9.97 Å². The van der Waals surface area contributed by atoms with E-state index in [1.807, 2.05) is 19.1 Å². The number of rotatable bonds is 5. The third kappa shape index (κ3) is 4.72. The number of hydrogen-bond acceptors (Lipinski definition) is 6. The number of anilines is 2. The Hall–Kier alpha value is -2.91. The third-order valence-electron chi connectivity index (χ3n) is 5.39. The molecule has 0 saturated carbocycles. The predicted molar refractivity (Wildman–Crippen MR) is 116 cm³/mol. The molecular formula is C22H24FN5O2S. The molecular weight excluding hydrogens is 417 g/mol. The summed E-state index contributed by atoms with van der Waals surface area (Å²) in [6.07, 6.45) is 6.38. The molecule has 0 unspecified atom stereocenters. The summed E-state index contributed by atoms with van der Waals surface area (Å²) in [5, 5.41) is 3.22. The van der Waals surface area contributed by atoms with Gasteiger partial charge in [0.2, 0.25) is 10.0 Å². The molecule has 1 aromatic carbocycles. The molecule has 0 amide bonds. The van der Waals surface area contributed by atoms with Gasteiger partial charge in [0.15, 0.2) is 0 Å². The lowest BCUT2D eigenvalue weighted by molar-refractivity contribution is 0.312. The summed E-state index contributed by atoms with van der Waals surface area (Å²) in [7, 11) is -3.78. The molecule has 3 aromatic rings. The van der Waals surface area contributed by atoms with Gasteiger partial charge in [0.05, 0.1) is 11.1 Å². The molecule has 1 aliphatic rings. The van der Waals surface area contributed by atoms with E-state index in [0.717, 1.165) is 29.6 Å². The maximum absolute atomic E-state index is 14.0. The van der Waals surface area contributed by atoms with Gasteiger partial charge >= 0.3 is 0 Å². The number of halogens is 1. The summed E-state index contributed by atoms with van der Waals surface area (Å²) in [5.74, 6) is 0.0455. The Bertz CT molecular complexity index is 1190. The van der Waals surface area contributed by atoms with E-state index in [-0.39, 0.29) is 10.8 Å². The number of pyridine rings is 1. The molecule has 7 nitrogen and oxygen atoms in total. The highest BCUT2D eigenvalue weighted by Gasteiger charge is 2.32. The first-order valence-electron chi connectivity index (χ1n) is 10.1. The minimum atomic E-state index is -3.78. The number of nitrogens with one attached hydrogen (secondary N) is 1. The third-order valence-corrected chi connectivity index (χ3v) is 7.25. The lowest BCUT2D eigenvalue weighted by Crippen LogP contribution is -2.39. The molecule has 1 fully saturated rings. The van der Waals surface area contributed by atoms with Crippen LogP contribution in [0.2, 0.25) is 0 Å². The second kappa shape index (κ2) is 8.68. The molecule has 0 bridgehead atoms. The van der Waals surface area contributed by atoms with Crippen LogP contribution < -0.4 is 5.32 Å². The van der Waals surface area contributed by atoms with Gasteiger partial charge in [0, 0.05) is 48.5 Å². The van der Waals surface area contributed by atoms with Crippen molar-refractivity contribution in [3.63, 3.8) is 0 Å². The molecule has 0 aliphatic carbocycles. The van der Waals surface area contributed by atoms with Crippen LogP contribution in [0.5, 0.6) is 0 Å². The van der Waals surface area contributed by atoms with E-state index in [2.05, 4.69) is 20.3 Å². The van der Waals surface area contributed by atoms with Gasteiger partial charge in [-0.15, -0.1) is 0 Å². The summed E-state index contributed by atoms with van der Waals surface area (Å²) in [4.78, 5) is 12.9. The van der Waals surface area contributed by atoms with Crippen molar-refractivity contribution >= 4 is 21.5 Å². The first kappa shape index (κ1) is 21.3. The van der Waals surface area contributed by atoms with Crippen LogP contribution in [0.4, 0.5) is 15.9 Å². The van der Waals surface area contributed by atoms with Crippen LogP contribution in [-0.2, 0) is 10.0 Å². The van der Waals surface area contributed by atoms with Crippen molar-refractivity contribution in [3.05, 3.63) is 71.7 Å². The molecule has 3 heterocycles. The highest BCUT2D eigenvalue weighted by atomic mass is 32.2. The number of nitrogens with zero attached hydrogens (tertiary/aromatic N) is 4. The van der Waals surface area contributed by atoms with E-state index in [1.165, 1.54) is 16.4 Å². The summed E-state index contributed by atoms with van der Waals surface area (Å²) < 4.78 is 41.6. The molecule has 162 valence electrons. The molecule has 1 atom stereocenters. The Morgan fingerprint density at radius 2 is 2.00 bits per heavy atom. The fraction of sp³-hybridized carbons (Fsp3) is 0.318. The summed E-state index contributed by atoms with van der Waals surface area (Å²) >= 11 is 0. The fourth-order valence-corrected chi connectivity index (χ4v) is 5.31. The molecule has 4 rings (SSSR count). The van der Waals surface area contributed by atoms with Gasteiger partial charge in [-0.1, -0.05) is 6.07 Å². The molecule has 0 spiro atoms. The molecule has 1 aliphatic heterocycles. The number of aromatic nitrogens is 3. The zero-order valence-corrected chi connectivity index (χ0v) is 18.2. The maximum Gasteiger partial charge on any atom is 0.243 e. The van der Waals surface area contributed by atoms with E-state index in [0.29, 0.717) is 30.9 Å². The fourth-order valence-electron chi connectivity index (χ4n) is 3.77. The Balaban J connectivity index is 1.57. The quantitative estimate of drug-likeness (QED) is 0.645. The van der Waals surface area contributed by atoms with Crippen LogP contribution in [0.25, 0.3) is 0 Å². The van der Waals surface area contributed by atoms with E-state index in [4.69, 9.17) is 0 Å². The zero-order chi connectivity index (χ0) is 22.0. The first-order chi connectivity index (χ1) is 14.8. The predicted octanol–water partition coefficient (Wildman–Crippen LogP) is 3.94. The summed E-state index contributed by atoms with van der Waals surface area (Å²) in [6, 6.07) is 7.89. The largest absolute Gasteiger partial charge is 0.339 e. The second-order valence-corrected chi connectivity index (χ2v) is 9.69. The van der Waals surface area contributed by atoms with E-state index in [1.54, 1.807) is 25.5 Å². The van der Waals surface area contributed by atoms with Crippen LogP contribution in [0.15, 0.2) is 53.8 Å². The van der Waals surface area contributed by atoms with Gasteiger partial charge in [-0.2, -0.15) is 4.31 Å². The van der Waals surface area contributed by atoms with Crippen molar-refractivity contribution in [2.75, 3.05) is 18.4 Å². The number of aryl methyl sites for hydroxylation is 2. The van der Waals surface area contributed by atoms with Gasteiger partial charge in [-0.25, -0.2) is 17.8 Å². The molecule has 9 heteroatoms. The van der Waals surface area contributed by atoms with Crippen LogP contribution in [-0.4, -0.2) is 40.8 Å².